The highest BCUT2D eigenvalue weighted by Gasteiger charge is 2.27. The zero-order valence-electron chi connectivity index (χ0n) is 14.9. The monoisotopic (exact) mass is 392 g/mol. The molecule has 0 saturated carbocycles. The third-order valence-electron chi connectivity index (χ3n) is 4.37. The van der Waals surface area contributed by atoms with E-state index in [9.17, 15) is 23.1 Å². The minimum absolute atomic E-state index is 0.420. The molecule has 1 aromatic rings. The van der Waals surface area contributed by atoms with Crippen molar-refractivity contribution in [3.63, 3.8) is 0 Å². The van der Waals surface area contributed by atoms with Crippen LogP contribution in [0.25, 0.3) is 0 Å². The maximum absolute atomic E-state index is 10.7. The van der Waals surface area contributed by atoms with Gasteiger partial charge in [-0.05, 0) is 51.5 Å². The minimum Gasteiger partial charge on any atom is -0.545 e. The van der Waals surface area contributed by atoms with Gasteiger partial charge in [0.2, 0.25) is 0 Å². The zero-order chi connectivity index (χ0) is 19.8. The van der Waals surface area contributed by atoms with Crippen LogP contribution in [0.5, 0.6) is 0 Å². The van der Waals surface area contributed by atoms with Crippen LogP contribution < -0.4 is 5.11 Å². The van der Waals surface area contributed by atoms with Crippen molar-refractivity contribution in [1.82, 2.24) is 0 Å². The van der Waals surface area contributed by atoms with Crippen LogP contribution >= 0.6 is 7.26 Å². The Morgan fingerprint density at radius 1 is 0.960 bits per heavy atom. The van der Waals surface area contributed by atoms with Gasteiger partial charge in [0.05, 0.1) is 41.1 Å². The molecule has 0 saturated heterocycles. The van der Waals surface area contributed by atoms with Crippen LogP contribution in [0.2, 0.25) is 0 Å². The molecule has 7 nitrogen and oxygen atoms in total. The number of carboxylic acids is 2. The first-order valence-corrected chi connectivity index (χ1v) is 11.9. The first-order chi connectivity index (χ1) is 11.5. The number of carbonyl (C=O) groups excluding carboxylic acids is 1. The molecule has 142 valence electrons. The Hall–Kier alpha value is -1.50. The molecule has 25 heavy (non-hydrogen) atoms. The van der Waals surface area contributed by atoms with Gasteiger partial charge < -0.3 is 15.0 Å². The molecule has 1 rings (SSSR count). The van der Waals surface area contributed by atoms with Crippen LogP contribution in [0.3, 0.4) is 0 Å². The molecule has 0 bridgehead atoms. The van der Waals surface area contributed by atoms with Crippen LogP contribution in [-0.4, -0.2) is 54.7 Å². The van der Waals surface area contributed by atoms with E-state index >= 15 is 0 Å². The summed E-state index contributed by atoms with van der Waals surface area (Å²) in [6.45, 7) is 9.41. The summed E-state index contributed by atoms with van der Waals surface area (Å²) in [5.74, 6) is -3.26. The minimum atomic E-state index is -4.67. The topological polar surface area (TPSA) is 132 Å². The molecule has 0 aliphatic rings. The summed E-state index contributed by atoms with van der Waals surface area (Å²) in [7, 11) is -5.09. The summed E-state index contributed by atoms with van der Waals surface area (Å²) in [5, 5.41) is 19.1. The maximum Gasteiger partial charge on any atom is 0.335 e. The average molecular weight is 392 g/mol. The summed E-state index contributed by atoms with van der Waals surface area (Å²) in [6.07, 6.45) is 5.82. The third-order valence-corrected chi connectivity index (χ3v) is 10.6. The molecule has 0 fully saturated rings. The van der Waals surface area contributed by atoms with Gasteiger partial charge in [0, 0.05) is 7.26 Å². The molecule has 0 amide bonds. The van der Waals surface area contributed by atoms with Crippen molar-refractivity contribution in [2.75, 3.05) is 24.6 Å². The first kappa shape index (κ1) is 23.5. The van der Waals surface area contributed by atoms with Crippen LogP contribution in [0.4, 0.5) is 0 Å². The summed E-state index contributed by atoms with van der Waals surface area (Å²) in [5.41, 5.74) is -1.22. The normalized spacial score (nSPS) is 11.4. The van der Waals surface area contributed by atoms with E-state index < -0.39 is 45.3 Å². The van der Waals surface area contributed by atoms with Gasteiger partial charge in [-0.1, -0.05) is 0 Å². The molecule has 0 atom stereocenters. The van der Waals surface area contributed by atoms with Crippen molar-refractivity contribution in [1.29, 1.82) is 0 Å². The molecule has 0 aliphatic heterocycles. The van der Waals surface area contributed by atoms with Gasteiger partial charge in [0.25, 0.3) is 10.1 Å². The molecule has 2 N–H and O–H groups in total. The van der Waals surface area contributed by atoms with Gasteiger partial charge in [0.1, 0.15) is 0 Å². The third kappa shape index (κ3) is 7.10. The predicted octanol–water partition coefficient (Wildman–Crippen LogP) is 2.08. The van der Waals surface area contributed by atoms with E-state index in [0.29, 0.717) is 12.1 Å². The molecule has 1 aromatic carbocycles. The van der Waals surface area contributed by atoms with Crippen molar-refractivity contribution < 1.29 is 32.8 Å². The Labute approximate surface area is 149 Å². The highest BCUT2D eigenvalue weighted by atomic mass is 32.2. The van der Waals surface area contributed by atoms with Gasteiger partial charge in [-0.2, -0.15) is 8.42 Å². The number of carboxylic acid groups (broad SMARTS) is 2. The number of benzene rings is 1. The van der Waals surface area contributed by atoms with Gasteiger partial charge >= 0.3 is 5.97 Å². The SMILES string of the molecule is CC[P+](CC)(CC)CC.O=C([O-])c1cc(C(=O)O)cc(S(=O)(=O)O)c1. The van der Waals surface area contributed by atoms with E-state index in [1.807, 2.05) is 0 Å². The lowest BCUT2D eigenvalue weighted by Gasteiger charge is -2.20. The smallest absolute Gasteiger partial charge is 0.335 e. The molecule has 0 unspecified atom stereocenters. The second-order valence-electron chi connectivity index (χ2n) is 5.42. The Morgan fingerprint density at radius 2 is 1.36 bits per heavy atom. The fourth-order valence-electron chi connectivity index (χ4n) is 2.33. The van der Waals surface area contributed by atoms with Crippen molar-refractivity contribution in [2.45, 2.75) is 32.6 Å². The molecule has 9 heteroatoms. The molecule has 0 aromatic heterocycles. The summed E-state index contributed by atoms with van der Waals surface area (Å²) >= 11 is 0. The number of rotatable bonds is 7. The maximum atomic E-state index is 10.7. The second kappa shape index (κ2) is 9.85. The standard InChI is InChI=1S/C8H6O7S.C8H20P/c9-7(10)4-1-5(8(11)12)3-6(2-4)16(13,14)15;1-5-9(6-2,7-3)8-4/h1-3H,(H,9,10)(H,11,12)(H,13,14,15);5-8H2,1-4H3/q;+1/p-1. The average Bonchev–Trinajstić information content (AvgIpc) is 2.57. The first-order valence-electron chi connectivity index (χ1n) is 7.88. The largest absolute Gasteiger partial charge is 0.545 e. The molecule has 0 aliphatic carbocycles. The Balaban J connectivity index is 0.000000547. The molecule has 0 heterocycles. The number of carbonyl (C=O) groups is 2. The zero-order valence-corrected chi connectivity index (χ0v) is 16.6. The van der Waals surface area contributed by atoms with E-state index in [2.05, 4.69) is 27.7 Å². The molecule has 0 radical (unpaired) electrons. The Kier molecular flexibility index (Phi) is 9.26. The van der Waals surface area contributed by atoms with Gasteiger partial charge in [-0.3, -0.25) is 4.55 Å². The second-order valence-corrected chi connectivity index (χ2v) is 12.1. The lowest BCUT2D eigenvalue weighted by Crippen LogP contribution is -2.23. The molecule has 0 spiro atoms. The van der Waals surface area contributed by atoms with Crippen molar-refractivity contribution >= 4 is 29.3 Å². The molecular formula is C16H25O7PS. The highest BCUT2D eigenvalue weighted by Crippen LogP contribution is 2.57. The van der Waals surface area contributed by atoms with Crippen LogP contribution in [-0.2, 0) is 10.1 Å². The van der Waals surface area contributed by atoms with Crippen LogP contribution in [0, 0.1) is 0 Å². The summed E-state index contributed by atoms with van der Waals surface area (Å²) in [4.78, 5) is 20.2. The lowest BCUT2D eigenvalue weighted by atomic mass is 10.1. The quantitative estimate of drug-likeness (QED) is 0.536. The summed E-state index contributed by atoms with van der Waals surface area (Å²) < 4.78 is 30.1. The van der Waals surface area contributed by atoms with Gasteiger partial charge in [-0.15, -0.1) is 0 Å². The number of hydrogen-bond acceptors (Lipinski definition) is 5. The van der Waals surface area contributed by atoms with E-state index in [4.69, 9.17) is 9.66 Å². The Bertz CT molecular complexity index is 659. The highest BCUT2D eigenvalue weighted by molar-refractivity contribution is 7.85. The number of aromatic carboxylic acids is 2. The fraction of sp³-hybridized carbons (Fsp3) is 0.500. The van der Waals surface area contributed by atoms with E-state index in [1.54, 1.807) is 0 Å². The van der Waals surface area contributed by atoms with Crippen molar-refractivity contribution in [3.8, 4) is 0 Å². The van der Waals surface area contributed by atoms with E-state index in [0.717, 1.165) is 6.07 Å². The van der Waals surface area contributed by atoms with Crippen molar-refractivity contribution in [2.24, 2.45) is 0 Å². The van der Waals surface area contributed by atoms with E-state index in [1.165, 1.54) is 24.6 Å². The lowest BCUT2D eigenvalue weighted by molar-refractivity contribution is -0.255. The predicted molar refractivity (Wildman–Crippen MR) is 96.6 cm³/mol. The van der Waals surface area contributed by atoms with Gasteiger partial charge in [0.15, 0.2) is 0 Å². The van der Waals surface area contributed by atoms with E-state index in [-0.39, 0.29) is 0 Å². The van der Waals surface area contributed by atoms with Gasteiger partial charge in [-0.25, -0.2) is 4.79 Å². The molecular weight excluding hydrogens is 367 g/mol. The fourth-order valence-corrected chi connectivity index (χ4v) is 5.57. The van der Waals surface area contributed by atoms with Crippen LogP contribution in [0.15, 0.2) is 23.1 Å². The van der Waals surface area contributed by atoms with Crippen molar-refractivity contribution in [3.05, 3.63) is 29.3 Å². The summed E-state index contributed by atoms with van der Waals surface area (Å²) in [6, 6.07) is 1.98. The Morgan fingerprint density at radius 3 is 1.60 bits per heavy atom. The number of hydrogen-bond donors (Lipinski definition) is 2. The van der Waals surface area contributed by atoms with Crippen LogP contribution in [0.1, 0.15) is 48.4 Å².